The first-order valence-electron chi connectivity index (χ1n) is 16.9. The minimum Gasteiger partial charge on any atom is -0.455 e. The first-order chi connectivity index (χ1) is 24.3. The number of nitrogens with zero attached hydrogens (tertiary/aromatic N) is 2. The Labute approximate surface area is 311 Å². The zero-order valence-corrected chi connectivity index (χ0v) is 31.8. The van der Waals surface area contributed by atoms with Crippen LogP contribution in [0.4, 0.5) is 0 Å². The Hall–Kier alpha value is -5.35. The Bertz CT molecular complexity index is 2690. The maximum atomic E-state index is 6.75. The van der Waals surface area contributed by atoms with Crippen LogP contribution in [-0.4, -0.2) is 9.97 Å². The molecule has 253 valence electrons. The van der Waals surface area contributed by atoms with Crippen molar-refractivity contribution in [2.45, 2.75) is 41.5 Å². The van der Waals surface area contributed by atoms with Gasteiger partial charge in [0, 0.05) is 54.2 Å². The van der Waals surface area contributed by atoms with E-state index in [2.05, 4.69) is 99.2 Å². The Kier molecular flexibility index (Phi) is 9.20. The van der Waals surface area contributed by atoms with Crippen molar-refractivity contribution in [1.82, 2.24) is 9.97 Å². The summed E-state index contributed by atoms with van der Waals surface area (Å²) in [5.74, 6) is 0. The van der Waals surface area contributed by atoms with Gasteiger partial charge >= 0.3 is 0 Å². The number of hydrogen-bond donors (Lipinski definition) is 0. The van der Waals surface area contributed by atoms with Crippen LogP contribution in [0.1, 0.15) is 33.4 Å². The Balaban J connectivity index is 0.000000245. The fourth-order valence-corrected chi connectivity index (χ4v) is 7.14. The summed E-state index contributed by atoms with van der Waals surface area (Å²) >= 11 is 0. The van der Waals surface area contributed by atoms with Crippen LogP contribution in [0.5, 0.6) is 0 Å². The number of aryl methyl sites for hydroxylation is 6. The summed E-state index contributed by atoms with van der Waals surface area (Å²) in [6.07, 6.45) is 3.75. The van der Waals surface area contributed by atoms with Gasteiger partial charge < -0.3 is 18.8 Å². The summed E-state index contributed by atoms with van der Waals surface area (Å²) in [6.45, 7) is 12.7. The van der Waals surface area contributed by atoms with Crippen LogP contribution in [0, 0.1) is 53.7 Å². The molecule has 51 heavy (non-hydrogen) atoms. The van der Waals surface area contributed by atoms with Crippen LogP contribution in [0.25, 0.3) is 77.5 Å². The normalized spacial score (nSPS) is 11.2. The van der Waals surface area contributed by atoms with Gasteiger partial charge in [-0.15, -0.1) is 71.8 Å². The average Bonchev–Trinajstić information content (AvgIpc) is 3.70. The van der Waals surface area contributed by atoms with Crippen molar-refractivity contribution >= 4 is 43.9 Å². The number of pyridine rings is 2. The van der Waals surface area contributed by atoms with E-state index in [9.17, 15) is 0 Å². The SMILES string of the molecule is Cc1cc(C)c2oc3c(c(-c4ccnc(-c5[c-]cccc5)c4)c(C)c4oc5c(C)cc(C)cc5c43)c2c1.Cc1ccc(-c2[c-]cccc2)nc1.[Ir]. The van der Waals surface area contributed by atoms with Gasteiger partial charge in [-0.2, -0.15) is 0 Å². The van der Waals surface area contributed by atoms with E-state index in [0.29, 0.717) is 0 Å². The third-order valence-corrected chi connectivity index (χ3v) is 9.36. The molecule has 0 unspecified atom stereocenters. The average molecular weight is 841 g/mol. The van der Waals surface area contributed by atoms with Gasteiger partial charge in [-0.25, -0.2) is 0 Å². The second-order valence-corrected chi connectivity index (χ2v) is 13.2. The van der Waals surface area contributed by atoms with Crippen LogP contribution in [0.3, 0.4) is 0 Å². The molecule has 0 amide bonds. The molecule has 0 saturated carbocycles. The van der Waals surface area contributed by atoms with Crippen molar-refractivity contribution < 1.29 is 28.9 Å². The van der Waals surface area contributed by atoms with Gasteiger partial charge in [0.05, 0.1) is 5.39 Å². The molecule has 4 nitrogen and oxygen atoms in total. The fourth-order valence-electron chi connectivity index (χ4n) is 7.14. The van der Waals surface area contributed by atoms with Gasteiger partial charge in [-0.05, 0) is 110 Å². The number of rotatable bonds is 3. The molecule has 5 aromatic carbocycles. The van der Waals surface area contributed by atoms with E-state index in [4.69, 9.17) is 8.83 Å². The van der Waals surface area contributed by atoms with Crippen LogP contribution < -0.4 is 0 Å². The summed E-state index contributed by atoms with van der Waals surface area (Å²) in [7, 11) is 0. The molecule has 0 fully saturated rings. The van der Waals surface area contributed by atoms with E-state index in [0.717, 1.165) is 94.2 Å². The number of fused-ring (bicyclic) bond motifs is 7. The third kappa shape index (κ3) is 6.18. The summed E-state index contributed by atoms with van der Waals surface area (Å²) in [5.41, 5.74) is 16.7. The molecule has 9 aromatic rings. The first-order valence-corrected chi connectivity index (χ1v) is 16.9. The Morgan fingerprint density at radius 2 is 1.14 bits per heavy atom. The third-order valence-electron chi connectivity index (χ3n) is 9.36. The van der Waals surface area contributed by atoms with Crippen LogP contribution in [-0.2, 0) is 20.1 Å². The number of hydrogen-bond acceptors (Lipinski definition) is 4. The molecule has 0 aliphatic carbocycles. The minimum atomic E-state index is 0. The number of furan rings is 2. The summed E-state index contributed by atoms with van der Waals surface area (Å²) in [6, 6.07) is 39.4. The molecule has 9 rings (SSSR count). The van der Waals surface area contributed by atoms with Gasteiger partial charge in [0.15, 0.2) is 0 Å². The van der Waals surface area contributed by atoms with E-state index >= 15 is 0 Å². The second kappa shape index (κ2) is 13.8. The van der Waals surface area contributed by atoms with Crippen LogP contribution in [0.2, 0.25) is 0 Å². The molecule has 0 bridgehead atoms. The Morgan fingerprint density at radius 1 is 0.529 bits per heavy atom. The maximum absolute atomic E-state index is 6.75. The monoisotopic (exact) mass is 841 g/mol. The summed E-state index contributed by atoms with van der Waals surface area (Å²) < 4.78 is 13.4. The van der Waals surface area contributed by atoms with E-state index < -0.39 is 0 Å². The Morgan fingerprint density at radius 3 is 1.73 bits per heavy atom. The van der Waals surface area contributed by atoms with Crippen molar-refractivity contribution in [1.29, 1.82) is 0 Å². The molecule has 0 N–H and O–H groups in total. The van der Waals surface area contributed by atoms with Crippen molar-refractivity contribution in [3.63, 3.8) is 0 Å². The van der Waals surface area contributed by atoms with Gasteiger partial charge in [0.25, 0.3) is 0 Å². The fraction of sp³-hybridized carbons (Fsp3) is 0.130. The zero-order chi connectivity index (χ0) is 34.5. The molecule has 1 radical (unpaired) electrons. The maximum Gasteiger partial charge on any atom is 0.147 e. The molecule has 0 atom stereocenters. The molecule has 0 aliphatic rings. The molecule has 4 heterocycles. The van der Waals surface area contributed by atoms with Crippen LogP contribution in [0.15, 0.2) is 118 Å². The van der Waals surface area contributed by atoms with Crippen molar-refractivity contribution in [3.8, 4) is 33.6 Å². The number of aromatic nitrogens is 2. The molecule has 5 heteroatoms. The molecular formula is C46H36IrN2O2-2. The van der Waals surface area contributed by atoms with E-state index in [1.807, 2.05) is 73.9 Å². The standard InChI is InChI=1S/C34H26NO2.C12H10N.Ir/c1-18-13-20(3)31-25(15-18)29-28(24-11-12-35-27(17-24)23-9-7-6-8-10-23)22(5)33-30(34(29)37-31)26-16-19(2)14-21(4)32(26)36-33;1-10-7-8-12(13-9-10)11-5-3-2-4-6-11;/h6-9,11-17H,1-5H3;2-5,7-9H,1H3;/q2*-1;. The zero-order valence-electron chi connectivity index (χ0n) is 29.4. The smallest absolute Gasteiger partial charge is 0.147 e. The van der Waals surface area contributed by atoms with Gasteiger partial charge in [-0.1, -0.05) is 30.3 Å². The predicted octanol–water partition coefficient (Wildman–Crippen LogP) is 12.4. The largest absolute Gasteiger partial charge is 0.455 e. The van der Waals surface area contributed by atoms with E-state index in [-0.39, 0.29) is 20.1 Å². The summed E-state index contributed by atoms with van der Waals surface area (Å²) in [4.78, 5) is 8.98. The number of benzene rings is 5. The molecule has 0 saturated heterocycles. The van der Waals surface area contributed by atoms with Crippen molar-refractivity contribution in [3.05, 3.63) is 155 Å². The van der Waals surface area contributed by atoms with E-state index in [1.165, 1.54) is 16.7 Å². The first kappa shape index (κ1) is 34.1. The molecule has 0 spiro atoms. The van der Waals surface area contributed by atoms with Gasteiger partial charge in [-0.3, -0.25) is 0 Å². The predicted molar refractivity (Wildman–Crippen MR) is 205 cm³/mol. The molecule has 4 aromatic heterocycles. The second-order valence-electron chi connectivity index (χ2n) is 13.2. The minimum absolute atomic E-state index is 0. The molecule has 0 aliphatic heterocycles. The summed E-state index contributed by atoms with van der Waals surface area (Å²) in [5, 5.41) is 4.42. The van der Waals surface area contributed by atoms with Crippen molar-refractivity contribution in [2.24, 2.45) is 0 Å². The van der Waals surface area contributed by atoms with Crippen LogP contribution >= 0.6 is 0 Å². The topological polar surface area (TPSA) is 52.1 Å². The quantitative estimate of drug-likeness (QED) is 0.166. The molecular weight excluding hydrogens is 805 g/mol. The van der Waals surface area contributed by atoms with E-state index in [1.54, 1.807) is 0 Å². The van der Waals surface area contributed by atoms with Crippen molar-refractivity contribution in [2.75, 3.05) is 0 Å². The van der Waals surface area contributed by atoms with Gasteiger partial charge in [0.2, 0.25) is 0 Å². The van der Waals surface area contributed by atoms with Gasteiger partial charge in [0.1, 0.15) is 22.3 Å².